The van der Waals surface area contributed by atoms with Crippen LogP contribution in [0.5, 0.6) is 0 Å². The number of aromatic nitrogens is 3. The molecule has 174 valence electrons. The third kappa shape index (κ3) is 5.36. The zero-order chi connectivity index (χ0) is 24.2. The second-order valence-corrected chi connectivity index (χ2v) is 9.40. The number of rotatable bonds is 7. The molecule has 2 heterocycles. The smallest absolute Gasteiger partial charge is 0.266 e. The Balaban J connectivity index is 1.17. The van der Waals surface area contributed by atoms with Gasteiger partial charge in [0.05, 0.1) is 15.9 Å². The minimum Gasteiger partial charge on any atom is -0.326 e. The molecule has 6 nitrogen and oxygen atoms in total. The molecule has 2 aromatic heterocycles. The monoisotopic (exact) mass is 480 g/mol. The van der Waals surface area contributed by atoms with Gasteiger partial charge < -0.3 is 5.32 Å². The number of carbonyl (C=O) groups is 1. The summed E-state index contributed by atoms with van der Waals surface area (Å²) in [5.41, 5.74) is 5.47. The highest BCUT2D eigenvalue weighted by Gasteiger charge is 2.09. The Kier molecular flexibility index (Phi) is 6.50. The maximum absolute atomic E-state index is 12.5. The zero-order valence-electron chi connectivity index (χ0n) is 19.3. The second-order valence-electron chi connectivity index (χ2n) is 8.37. The van der Waals surface area contributed by atoms with E-state index in [2.05, 4.69) is 29.5 Å². The first kappa shape index (κ1) is 22.7. The topological polar surface area (TPSA) is 76.9 Å². The van der Waals surface area contributed by atoms with Gasteiger partial charge in [-0.05, 0) is 61.4 Å². The van der Waals surface area contributed by atoms with Crippen LogP contribution in [0, 0.1) is 6.92 Å². The number of fused-ring (bicyclic) bond motifs is 1. The first-order valence-corrected chi connectivity index (χ1v) is 12.3. The number of aryl methyl sites for hydroxylation is 2. The normalized spacial score (nSPS) is 11.0. The van der Waals surface area contributed by atoms with E-state index in [0.29, 0.717) is 19.4 Å². The van der Waals surface area contributed by atoms with Crippen molar-refractivity contribution in [2.75, 3.05) is 5.32 Å². The molecule has 0 saturated carbocycles. The Bertz CT molecular complexity index is 1540. The number of benzene rings is 3. The van der Waals surface area contributed by atoms with Gasteiger partial charge in [-0.25, -0.2) is 9.67 Å². The number of thiazole rings is 1. The van der Waals surface area contributed by atoms with Crippen molar-refractivity contribution in [3.63, 3.8) is 0 Å². The molecule has 5 aromatic rings. The maximum atomic E-state index is 12.5. The van der Waals surface area contributed by atoms with Crippen LogP contribution in [-0.4, -0.2) is 20.7 Å². The van der Waals surface area contributed by atoms with Gasteiger partial charge in [-0.15, -0.1) is 11.3 Å². The third-order valence-electron chi connectivity index (χ3n) is 5.67. The summed E-state index contributed by atoms with van der Waals surface area (Å²) >= 11 is 1.66. The Morgan fingerprint density at radius 2 is 1.74 bits per heavy atom. The van der Waals surface area contributed by atoms with Crippen LogP contribution in [0.1, 0.15) is 18.4 Å². The lowest BCUT2D eigenvalue weighted by Crippen LogP contribution is -2.23. The summed E-state index contributed by atoms with van der Waals surface area (Å²) in [6.07, 6.45) is 0.808. The van der Waals surface area contributed by atoms with Crippen LogP contribution in [0.2, 0.25) is 0 Å². The summed E-state index contributed by atoms with van der Waals surface area (Å²) in [7, 11) is 0. The van der Waals surface area contributed by atoms with Crippen molar-refractivity contribution in [2.24, 2.45) is 0 Å². The molecule has 0 radical (unpaired) electrons. The highest BCUT2D eigenvalue weighted by Crippen LogP contribution is 2.31. The molecule has 0 saturated heterocycles. The lowest BCUT2D eigenvalue weighted by molar-refractivity contribution is -0.116. The second kappa shape index (κ2) is 10.0. The number of carbonyl (C=O) groups excluding carboxylic acids is 1. The van der Waals surface area contributed by atoms with Crippen LogP contribution in [-0.2, 0) is 11.3 Å². The van der Waals surface area contributed by atoms with E-state index in [-0.39, 0.29) is 11.5 Å². The van der Waals surface area contributed by atoms with Crippen LogP contribution in [0.4, 0.5) is 5.69 Å². The molecular formula is C28H24N4O2S. The minimum atomic E-state index is -0.175. The molecule has 0 aliphatic rings. The van der Waals surface area contributed by atoms with Crippen molar-refractivity contribution in [2.45, 2.75) is 26.3 Å². The van der Waals surface area contributed by atoms with Gasteiger partial charge in [0, 0.05) is 35.8 Å². The molecule has 7 heteroatoms. The summed E-state index contributed by atoms with van der Waals surface area (Å²) in [5.74, 6) is -0.0968. The molecule has 0 spiro atoms. The van der Waals surface area contributed by atoms with Crippen molar-refractivity contribution >= 4 is 33.1 Å². The fourth-order valence-electron chi connectivity index (χ4n) is 3.84. The van der Waals surface area contributed by atoms with E-state index in [4.69, 9.17) is 4.98 Å². The van der Waals surface area contributed by atoms with E-state index >= 15 is 0 Å². The molecule has 1 N–H and O–H groups in total. The van der Waals surface area contributed by atoms with Gasteiger partial charge in [0.25, 0.3) is 5.56 Å². The first-order valence-electron chi connectivity index (χ1n) is 11.5. The van der Waals surface area contributed by atoms with Gasteiger partial charge in [-0.2, -0.15) is 5.10 Å². The Labute approximate surface area is 206 Å². The summed E-state index contributed by atoms with van der Waals surface area (Å²) < 4.78 is 2.59. The Morgan fingerprint density at radius 1 is 0.943 bits per heavy atom. The van der Waals surface area contributed by atoms with Crippen LogP contribution >= 0.6 is 11.3 Å². The first-order chi connectivity index (χ1) is 17.0. The Hall–Kier alpha value is -4.10. The molecule has 3 aromatic carbocycles. The fourth-order valence-corrected chi connectivity index (χ4v) is 4.91. The maximum Gasteiger partial charge on any atom is 0.266 e. The SMILES string of the molecule is Cc1ccc2nc(-c3ccc(NC(=O)CCCn4nc(-c5ccccc5)ccc4=O)cc3)sc2c1. The van der Waals surface area contributed by atoms with Gasteiger partial charge in [-0.1, -0.05) is 36.4 Å². The van der Waals surface area contributed by atoms with E-state index in [1.165, 1.54) is 21.0 Å². The van der Waals surface area contributed by atoms with E-state index < -0.39 is 0 Å². The van der Waals surface area contributed by atoms with E-state index in [1.54, 1.807) is 17.4 Å². The molecule has 0 unspecified atom stereocenters. The lowest BCUT2D eigenvalue weighted by Gasteiger charge is -2.08. The molecule has 0 atom stereocenters. The van der Waals surface area contributed by atoms with Crippen molar-refractivity contribution in [1.29, 1.82) is 0 Å². The molecule has 35 heavy (non-hydrogen) atoms. The molecule has 5 rings (SSSR count). The van der Waals surface area contributed by atoms with Crippen molar-refractivity contribution in [3.8, 4) is 21.8 Å². The van der Waals surface area contributed by atoms with Crippen molar-refractivity contribution in [3.05, 3.63) is 101 Å². The largest absolute Gasteiger partial charge is 0.326 e. The zero-order valence-corrected chi connectivity index (χ0v) is 20.1. The van der Waals surface area contributed by atoms with Crippen LogP contribution in [0.3, 0.4) is 0 Å². The quantitative estimate of drug-likeness (QED) is 0.314. The summed E-state index contributed by atoms with van der Waals surface area (Å²) in [4.78, 5) is 29.4. The molecule has 0 bridgehead atoms. The average molecular weight is 481 g/mol. The van der Waals surface area contributed by atoms with Gasteiger partial charge in [0.2, 0.25) is 5.91 Å². The number of hydrogen-bond acceptors (Lipinski definition) is 5. The van der Waals surface area contributed by atoms with Gasteiger partial charge in [0.1, 0.15) is 5.01 Å². The van der Waals surface area contributed by atoms with Crippen molar-refractivity contribution < 1.29 is 4.79 Å². The number of hydrogen-bond donors (Lipinski definition) is 1. The average Bonchev–Trinajstić information content (AvgIpc) is 3.29. The van der Waals surface area contributed by atoms with Crippen LogP contribution in [0.25, 0.3) is 32.0 Å². The third-order valence-corrected chi connectivity index (χ3v) is 6.74. The van der Waals surface area contributed by atoms with Crippen LogP contribution < -0.4 is 10.9 Å². The molecular weight excluding hydrogens is 456 g/mol. The summed E-state index contributed by atoms with van der Waals surface area (Å²) in [6.45, 7) is 2.45. The van der Waals surface area contributed by atoms with Gasteiger partial charge >= 0.3 is 0 Å². The van der Waals surface area contributed by atoms with Crippen LogP contribution in [0.15, 0.2) is 89.7 Å². The Morgan fingerprint density at radius 3 is 2.54 bits per heavy atom. The number of nitrogens with one attached hydrogen (secondary N) is 1. The fraction of sp³-hybridized carbons (Fsp3) is 0.143. The van der Waals surface area contributed by atoms with Gasteiger partial charge in [-0.3, -0.25) is 9.59 Å². The molecule has 0 fully saturated rings. The predicted molar refractivity (Wildman–Crippen MR) is 142 cm³/mol. The highest BCUT2D eigenvalue weighted by molar-refractivity contribution is 7.21. The van der Waals surface area contributed by atoms with E-state index in [0.717, 1.165) is 33.0 Å². The molecule has 0 aliphatic carbocycles. The molecule has 0 aliphatic heterocycles. The number of anilines is 1. The molecule has 1 amide bonds. The van der Waals surface area contributed by atoms with E-state index in [1.807, 2.05) is 60.7 Å². The standard InChI is InChI=1S/C28H24N4O2S/c1-19-9-14-24-25(18-19)35-28(30-24)21-10-12-22(13-11-21)29-26(33)8-5-17-32-27(34)16-15-23(31-32)20-6-3-2-4-7-20/h2-4,6-7,9-16,18H,5,8,17H2,1H3,(H,29,33). The summed E-state index contributed by atoms with van der Waals surface area (Å²) in [5, 5.41) is 8.34. The summed E-state index contributed by atoms with van der Waals surface area (Å²) in [6, 6.07) is 26.9. The van der Waals surface area contributed by atoms with E-state index in [9.17, 15) is 9.59 Å². The number of nitrogens with zero attached hydrogens (tertiary/aromatic N) is 3. The number of amides is 1. The van der Waals surface area contributed by atoms with Gasteiger partial charge in [0.15, 0.2) is 0 Å². The highest BCUT2D eigenvalue weighted by atomic mass is 32.1. The predicted octanol–water partition coefficient (Wildman–Crippen LogP) is 5.91. The minimum absolute atomic E-state index is 0.0968. The van der Waals surface area contributed by atoms with Crippen molar-refractivity contribution in [1.82, 2.24) is 14.8 Å². The lowest BCUT2D eigenvalue weighted by atomic mass is 10.1.